The molecule has 0 unspecified atom stereocenters. The van der Waals surface area contributed by atoms with Gasteiger partial charge in [0, 0.05) is 5.39 Å². The SMILES string of the molecule is O=C(O)c1ccc2nc(N[C@@H]3CCc4ccccc43)ccc2c1. The Kier molecular flexibility index (Phi) is 3.23. The number of anilines is 1. The lowest BCUT2D eigenvalue weighted by Gasteiger charge is -2.15. The summed E-state index contributed by atoms with van der Waals surface area (Å²) in [5.74, 6) is -0.0982. The number of benzene rings is 2. The van der Waals surface area contributed by atoms with E-state index in [1.165, 1.54) is 11.1 Å². The van der Waals surface area contributed by atoms with Crippen molar-refractivity contribution in [2.75, 3.05) is 5.32 Å². The fourth-order valence-electron chi connectivity index (χ4n) is 3.22. The van der Waals surface area contributed by atoms with Gasteiger partial charge < -0.3 is 10.4 Å². The third-order valence-corrected chi connectivity index (χ3v) is 4.39. The van der Waals surface area contributed by atoms with E-state index in [0.717, 1.165) is 29.6 Å². The van der Waals surface area contributed by atoms with Crippen LogP contribution in [0.2, 0.25) is 0 Å². The highest BCUT2D eigenvalue weighted by atomic mass is 16.4. The number of carboxylic acids is 1. The number of rotatable bonds is 3. The third kappa shape index (κ3) is 2.52. The number of aryl methyl sites for hydroxylation is 1. The van der Waals surface area contributed by atoms with Crippen LogP contribution < -0.4 is 5.32 Å². The Labute approximate surface area is 133 Å². The third-order valence-electron chi connectivity index (χ3n) is 4.39. The lowest BCUT2D eigenvalue weighted by Crippen LogP contribution is -2.08. The molecule has 0 aliphatic heterocycles. The highest BCUT2D eigenvalue weighted by molar-refractivity contribution is 5.93. The standard InChI is InChI=1S/C19H16N2O2/c22-19(23)14-6-8-16-13(11-14)7-10-18(20-16)21-17-9-5-12-3-1-2-4-15(12)17/h1-4,6-8,10-11,17H,5,9H2,(H,20,21)(H,22,23)/t17-/m1/s1. The van der Waals surface area contributed by atoms with Crippen LogP contribution in [0.4, 0.5) is 5.82 Å². The lowest BCUT2D eigenvalue weighted by atomic mass is 10.1. The summed E-state index contributed by atoms with van der Waals surface area (Å²) in [4.78, 5) is 15.6. The van der Waals surface area contributed by atoms with Crippen molar-refractivity contribution >= 4 is 22.7 Å². The predicted octanol–water partition coefficient (Wildman–Crippen LogP) is 4.03. The van der Waals surface area contributed by atoms with Gasteiger partial charge in [-0.25, -0.2) is 9.78 Å². The Morgan fingerprint density at radius 1 is 1.13 bits per heavy atom. The summed E-state index contributed by atoms with van der Waals surface area (Å²) in [5, 5.41) is 13.4. The molecule has 1 atom stereocenters. The van der Waals surface area contributed by atoms with Gasteiger partial charge in [-0.3, -0.25) is 0 Å². The maximum absolute atomic E-state index is 11.0. The molecule has 0 saturated heterocycles. The predicted molar refractivity (Wildman–Crippen MR) is 89.8 cm³/mol. The van der Waals surface area contributed by atoms with Crippen LogP contribution in [0.25, 0.3) is 10.9 Å². The molecule has 1 aliphatic rings. The molecule has 114 valence electrons. The molecule has 4 nitrogen and oxygen atoms in total. The average molecular weight is 304 g/mol. The molecular weight excluding hydrogens is 288 g/mol. The maximum atomic E-state index is 11.0. The highest BCUT2D eigenvalue weighted by Crippen LogP contribution is 2.33. The minimum Gasteiger partial charge on any atom is -0.478 e. The van der Waals surface area contributed by atoms with Crippen LogP contribution in [0, 0.1) is 0 Å². The Morgan fingerprint density at radius 3 is 2.87 bits per heavy atom. The second-order valence-corrected chi connectivity index (χ2v) is 5.84. The number of aromatic nitrogens is 1. The summed E-state index contributed by atoms with van der Waals surface area (Å²) in [6.07, 6.45) is 2.15. The summed E-state index contributed by atoms with van der Waals surface area (Å²) in [6, 6.07) is 17.6. The Morgan fingerprint density at radius 2 is 2.00 bits per heavy atom. The van der Waals surface area contributed by atoms with Gasteiger partial charge in [0.05, 0.1) is 17.1 Å². The van der Waals surface area contributed by atoms with Crippen LogP contribution in [0.3, 0.4) is 0 Å². The van der Waals surface area contributed by atoms with E-state index < -0.39 is 5.97 Å². The highest BCUT2D eigenvalue weighted by Gasteiger charge is 2.21. The van der Waals surface area contributed by atoms with Crippen molar-refractivity contribution in [3.63, 3.8) is 0 Å². The van der Waals surface area contributed by atoms with Gasteiger partial charge in [-0.1, -0.05) is 24.3 Å². The minimum atomic E-state index is -0.920. The molecule has 0 radical (unpaired) electrons. The molecule has 1 aliphatic carbocycles. The molecule has 0 fully saturated rings. The number of nitrogens with zero attached hydrogens (tertiary/aromatic N) is 1. The van der Waals surface area contributed by atoms with E-state index in [4.69, 9.17) is 5.11 Å². The number of carbonyl (C=O) groups is 1. The van der Waals surface area contributed by atoms with Gasteiger partial charge in [0.15, 0.2) is 0 Å². The van der Waals surface area contributed by atoms with E-state index in [-0.39, 0.29) is 11.6 Å². The number of pyridine rings is 1. The van der Waals surface area contributed by atoms with Crippen LogP contribution in [0.1, 0.15) is 33.9 Å². The molecule has 1 heterocycles. The first-order valence-corrected chi connectivity index (χ1v) is 7.69. The Balaban J connectivity index is 1.63. The summed E-state index contributed by atoms with van der Waals surface area (Å²) in [6.45, 7) is 0. The molecule has 0 bridgehead atoms. The second kappa shape index (κ2) is 5.39. The zero-order valence-electron chi connectivity index (χ0n) is 12.5. The second-order valence-electron chi connectivity index (χ2n) is 5.84. The van der Waals surface area contributed by atoms with Crippen LogP contribution in [-0.4, -0.2) is 16.1 Å². The van der Waals surface area contributed by atoms with E-state index in [0.29, 0.717) is 0 Å². The van der Waals surface area contributed by atoms with E-state index in [1.54, 1.807) is 18.2 Å². The first kappa shape index (κ1) is 13.8. The van der Waals surface area contributed by atoms with Crippen molar-refractivity contribution in [3.8, 4) is 0 Å². The van der Waals surface area contributed by atoms with Gasteiger partial charge in [-0.05, 0) is 54.3 Å². The van der Waals surface area contributed by atoms with Crippen LogP contribution >= 0.6 is 0 Å². The summed E-state index contributed by atoms with van der Waals surface area (Å²) < 4.78 is 0. The molecular formula is C19H16N2O2. The first-order valence-electron chi connectivity index (χ1n) is 7.69. The zero-order valence-corrected chi connectivity index (χ0v) is 12.5. The smallest absolute Gasteiger partial charge is 0.335 e. The van der Waals surface area contributed by atoms with E-state index in [9.17, 15) is 4.79 Å². The normalized spacial score (nSPS) is 16.3. The molecule has 3 aromatic rings. The number of carboxylic acid groups (broad SMARTS) is 1. The van der Waals surface area contributed by atoms with Gasteiger partial charge >= 0.3 is 5.97 Å². The first-order chi connectivity index (χ1) is 11.2. The number of aromatic carboxylic acids is 1. The topological polar surface area (TPSA) is 62.2 Å². The van der Waals surface area contributed by atoms with Gasteiger partial charge in [0.25, 0.3) is 0 Å². The molecule has 0 saturated carbocycles. The fraction of sp³-hybridized carbons (Fsp3) is 0.158. The average Bonchev–Trinajstić information content (AvgIpc) is 2.97. The van der Waals surface area contributed by atoms with Crippen molar-refractivity contribution in [3.05, 3.63) is 71.3 Å². The minimum absolute atomic E-state index is 0.282. The Hall–Kier alpha value is -2.88. The van der Waals surface area contributed by atoms with Crippen LogP contribution in [0.5, 0.6) is 0 Å². The van der Waals surface area contributed by atoms with Gasteiger partial charge in [0.2, 0.25) is 0 Å². The van der Waals surface area contributed by atoms with Crippen molar-refractivity contribution < 1.29 is 9.90 Å². The van der Waals surface area contributed by atoms with Gasteiger partial charge in [-0.2, -0.15) is 0 Å². The number of nitrogens with one attached hydrogen (secondary N) is 1. The number of hydrogen-bond donors (Lipinski definition) is 2. The summed E-state index contributed by atoms with van der Waals surface area (Å²) >= 11 is 0. The Bertz CT molecular complexity index is 905. The van der Waals surface area contributed by atoms with Gasteiger partial charge in [0.1, 0.15) is 5.82 Å². The molecule has 1 aromatic heterocycles. The lowest BCUT2D eigenvalue weighted by molar-refractivity contribution is 0.0697. The molecule has 0 amide bonds. The molecule has 2 N–H and O–H groups in total. The fourth-order valence-corrected chi connectivity index (χ4v) is 3.22. The summed E-state index contributed by atoms with van der Waals surface area (Å²) in [7, 11) is 0. The monoisotopic (exact) mass is 304 g/mol. The molecule has 4 rings (SSSR count). The zero-order chi connectivity index (χ0) is 15.8. The van der Waals surface area contributed by atoms with Crippen molar-refractivity contribution in [1.82, 2.24) is 4.98 Å². The molecule has 2 aromatic carbocycles. The van der Waals surface area contributed by atoms with Crippen LogP contribution in [0.15, 0.2) is 54.6 Å². The molecule has 23 heavy (non-hydrogen) atoms. The quantitative estimate of drug-likeness (QED) is 0.767. The summed E-state index contributed by atoms with van der Waals surface area (Å²) in [5.41, 5.74) is 3.82. The van der Waals surface area contributed by atoms with E-state index >= 15 is 0 Å². The van der Waals surface area contributed by atoms with E-state index in [1.807, 2.05) is 12.1 Å². The van der Waals surface area contributed by atoms with Crippen molar-refractivity contribution in [2.45, 2.75) is 18.9 Å². The maximum Gasteiger partial charge on any atom is 0.335 e. The van der Waals surface area contributed by atoms with Crippen molar-refractivity contribution in [2.24, 2.45) is 0 Å². The van der Waals surface area contributed by atoms with E-state index in [2.05, 4.69) is 34.6 Å². The van der Waals surface area contributed by atoms with Crippen molar-refractivity contribution in [1.29, 1.82) is 0 Å². The largest absolute Gasteiger partial charge is 0.478 e. The molecule has 4 heteroatoms. The van der Waals surface area contributed by atoms with Gasteiger partial charge in [-0.15, -0.1) is 0 Å². The number of hydrogen-bond acceptors (Lipinski definition) is 3. The number of fused-ring (bicyclic) bond motifs is 2. The molecule has 0 spiro atoms. The van der Waals surface area contributed by atoms with Crippen LogP contribution in [-0.2, 0) is 6.42 Å².